The molecule has 2 rings (SSSR count). The molecular formula is C14H18N2O3. The molecule has 1 aromatic rings. The van der Waals surface area contributed by atoms with E-state index in [-0.39, 0.29) is 11.8 Å². The van der Waals surface area contributed by atoms with Crippen molar-refractivity contribution in [1.29, 1.82) is 0 Å². The van der Waals surface area contributed by atoms with Crippen LogP contribution in [-0.2, 0) is 16.0 Å². The lowest BCUT2D eigenvalue weighted by Gasteiger charge is -2.20. The molecule has 0 unspecified atom stereocenters. The Morgan fingerprint density at radius 3 is 2.95 bits per heavy atom. The SMILES string of the molecule is CCN(CCOC)C(=O)c1ccc2c(c1)NC(=O)C2. The summed E-state index contributed by atoms with van der Waals surface area (Å²) in [4.78, 5) is 25.3. The monoisotopic (exact) mass is 262 g/mol. The first-order valence-corrected chi connectivity index (χ1v) is 6.36. The van der Waals surface area contributed by atoms with E-state index in [1.807, 2.05) is 13.0 Å². The zero-order valence-electron chi connectivity index (χ0n) is 11.2. The van der Waals surface area contributed by atoms with Crippen LogP contribution in [0.2, 0.25) is 0 Å². The van der Waals surface area contributed by atoms with Crippen LogP contribution in [0.25, 0.3) is 0 Å². The highest BCUT2D eigenvalue weighted by Gasteiger charge is 2.20. The van der Waals surface area contributed by atoms with Crippen molar-refractivity contribution >= 4 is 17.5 Å². The lowest BCUT2D eigenvalue weighted by atomic mass is 10.1. The minimum Gasteiger partial charge on any atom is -0.383 e. The van der Waals surface area contributed by atoms with E-state index >= 15 is 0 Å². The van der Waals surface area contributed by atoms with Gasteiger partial charge in [-0.05, 0) is 24.6 Å². The summed E-state index contributed by atoms with van der Waals surface area (Å²) in [7, 11) is 1.61. The molecular weight excluding hydrogens is 244 g/mol. The normalized spacial score (nSPS) is 13.1. The van der Waals surface area contributed by atoms with Crippen LogP contribution in [0.1, 0.15) is 22.8 Å². The third-order valence-electron chi connectivity index (χ3n) is 3.22. The van der Waals surface area contributed by atoms with E-state index in [1.165, 1.54) is 0 Å². The predicted octanol–water partition coefficient (Wildman–Crippen LogP) is 1.29. The van der Waals surface area contributed by atoms with Gasteiger partial charge in [0.1, 0.15) is 0 Å². The topological polar surface area (TPSA) is 58.6 Å². The Bertz CT molecular complexity index is 499. The number of fused-ring (bicyclic) bond motifs is 1. The number of carbonyl (C=O) groups is 2. The van der Waals surface area contributed by atoms with Crippen LogP contribution in [0.5, 0.6) is 0 Å². The molecule has 1 heterocycles. The lowest BCUT2D eigenvalue weighted by Crippen LogP contribution is -2.33. The number of ether oxygens (including phenoxy) is 1. The van der Waals surface area contributed by atoms with Crippen LogP contribution in [0.3, 0.4) is 0 Å². The van der Waals surface area contributed by atoms with Crippen LogP contribution in [0.15, 0.2) is 18.2 Å². The molecule has 0 aliphatic carbocycles. The highest BCUT2D eigenvalue weighted by Crippen LogP contribution is 2.24. The van der Waals surface area contributed by atoms with Crippen LogP contribution >= 0.6 is 0 Å². The average Bonchev–Trinajstić information content (AvgIpc) is 2.78. The molecule has 1 aliphatic heterocycles. The molecule has 2 amide bonds. The van der Waals surface area contributed by atoms with Crippen molar-refractivity contribution in [3.8, 4) is 0 Å². The zero-order valence-corrected chi connectivity index (χ0v) is 11.2. The van der Waals surface area contributed by atoms with Crippen molar-refractivity contribution in [2.75, 3.05) is 32.1 Å². The molecule has 0 spiro atoms. The highest BCUT2D eigenvalue weighted by atomic mass is 16.5. The van der Waals surface area contributed by atoms with Gasteiger partial charge in [0, 0.05) is 31.5 Å². The van der Waals surface area contributed by atoms with Gasteiger partial charge in [0.15, 0.2) is 0 Å². The van der Waals surface area contributed by atoms with Gasteiger partial charge in [-0.3, -0.25) is 9.59 Å². The first-order chi connectivity index (χ1) is 9.15. The molecule has 0 saturated carbocycles. The average molecular weight is 262 g/mol. The van der Waals surface area contributed by atoms with E-state index in [4.69, 9.17) is 4.74 Å². The van der Waals surface area contributed by atoms with Gasteiger partial charge < -0.3 is 15.0 Å². The number of nitrogens with one attached hydrogen (secondary N) is 1. The molecule has 0 atom stereocenters. The summed E-state index contributed by atoms with van der Waals surface area (Å²) in [5.41, 5.74) is 2.29. The van der Waals surface area contributed by atoms with Gasteiger partial charge in [0.05, 0.1) is 13.0 Å². The molecule has 0 radical (unpaired) electrons. The number of likely N-dealkylation sites (N-methyl/N-ethyl adjacent to an activating group) is 1. The van der Waals surface area contributed by atoms with E-state index in [1.54, 1.807) is 24.1 Å². The Labute approximate surface area is 112 Å². The summed E-state index contributed by atoms with van der Waals surface area (Å²) in [5, 5.41) is 2.76. The van der Waals surface area contributed by atoms with Crippen molar-refractivity contribution in [2.45, 2.75) is 13.3 Å². The molecule has 102 valence electrons. The molecule has 1 N–H and O–H groups in total. The molecule has 1 aromatic carbocycles. The maximum atomic E-state index is 12.3. The lowest BCUT2D eigenvalue weighted by molar-refractivity contribution is -0.115. The molecule has 0 aromatic heterocycles. The smallest absolute Gasteiger partial charge is 0.253 e. The molecule has 0 bridgehead atoms. The number of amides is 2. The Morgan fingerprint density at radius 1 is 1.47 bits per heavy atom. The third kappa shape index (κ3) is 2.93. The third-order valence-corrected chi connectivity index (χ3v) is 3.22. The van der Waals surface area contributed by atoms with Gasteiger partial charge in [-0.2, -0.15) is 0 Å². The number of benzene rings is 1. The fourth-order valence-corrected chi connectivity index (χ4v) is 2.13. The van der Waals surface area contributed by atoms with E-state index in [0.717, 1.165) is 11.3 Å². The predicted molar refractivity (Wildman–Crippen MR) is 72.2 cm³/mol. The fourth-order valence-electron chi connectivity index (χ4n) is 2.13. The van der Waals surface area contributed by atoms with E-state index in [9.17, 15) is 9.59 Å². The fraction of sp³-hybridized carbons (Fsp3) is 0.429. The summed E-state index contributed by atoms with van der Waals surface area (Å²) in [6.45, 7) is 3.64. The number of hydrogen-bond donors (Lipinski definition) is 1. The van der Waals surface area contributed by atoms with Crippen LogP contribution in [-0.4, -0.2) is 43.5 Å². The van der Waals surface area contributed by atoms with Gasteiger partial charge in [-0.25, -0.2) is 0 Å². The number of rotatable bonds is 5. The second-order valence-electron chi connectivity index (χ2n) is 4.47. The Hall–Kier alpha value is -1.88. The number of methoxy groups -OCH3 is 1. The standard InChI is InChI=1S/C14H18N2O3/c1-3-16(6-7-19-2)14(18)11-5-4-10-9-13(17)15-12(10)8-11/h4-5,8H,3,6-7,9H2,1-2H3,(H,15,17). The molecule has 5 nitrogen and oxygen atoms in total. The highest BCUT2D eigenvalue weighted by molar-refractivity contribution is 6.02. The van der Waals surface area contributed by atoms with Gasteiger partial charge >= 0.3 is 0 Å². The summed E-state index contributed by atoms with van der Waals surface area (Å²) < 4.78 is 5.00. The molecule has 0 fully saturated rings. The number of hydrogen-bond acceptors (Lipinski definition) is 3. The molecule has 0 saturated heterocycles. The quantitative estimate of drug-likeness (QED) is 0.870. The minimum absolute atomic E-state index is 0.0219. The van der Waals surface area contributed by atoms with Crippen molar-refractivity contribution in [3.63, 3.8) is 0 Å². The Morgan fingerprint density at radius 2 is 2.26 bits per heavy atom. The second-order valence-corrected chi connectivity index (χ2v) is 4.47. The van der Waals surface area contributed by atoms with E-state index in [2.05, 4.69) is 5.32 Å². The van der Waals surface area contributed by atoms with Crippen molar-refractivity contribution in [2.24, 2.45) is 0 Å². The summed E-state index contributed by atoms with van der Waals surface area (Å²) in [5.74, 6) is -0.0603. The largest absolute Gasteiger partial charge is 0.383 e. The first-order valence-electron chi connectivity index (χ1n) is 6.36. The van der Waals surface area contributed by atoms with Crippen LogP contribution < -0.4 is 5.32 Å². The van der Waals surface area contributed by atoms with E-state index < -0.39 is 0 Å². The van der Waals surface area contributed by atoms with Gasteiger partial charge in [-0.15, -0.1) is 0 Å². The second kappa shape index (κ2) is 5.84. The first kappa shape index (κ1) is 13.5. The summed E-state index contributed by atoms with van der Waals surface area (Å²) in [6.07, 6.45) is 0.394. The molecule has 19 heavy (non-hydrogen) atoms. The van der Waals surface area contributed by atoms with Gasteiger partial charge in [-0.1, -0.05) is 6.07 Å². The Kier molecular flexibility index (Phi) is 4.16. The number of anilines is 1. The molecule has 1 aliphatic rings. The number of nitrogens with zero attached hydrogens (tertiary/aromatic N) is 1. The zero-order chi connectivity index (χ0) is 13.8. The van der Waals surface area contributed by atoms with Crippen molar-refractivity contribution in [3.05, 3.63) is 29.3 Å². The maximum absolute atomic E-state index is 12.3. The summed E-state index contributed by atoms with van der Waals surface area (Å²) in [6, 6.07) is 5.36. The van der Waals surface area contributed by atoms with E-state index in [0.29, 0.717) is 31.7 Å². The number of carbonyl (C=O) groups excluding carboxylic acids is 2. The van der Waals surface area contributed by atoms with Crippen LogP contribution in [0.4, 0.5) is 5.69 Å². The van der Waals surface area contributed by atoms with Gasteiger partial charge in [0.2, 0.25) is 5.91 Å². The Balaban J connectivity index is 2.15. The van der Waals surface area contributed by atoms with Gasteiger partial charge in [0.25, 0.3) is 5.91 Å². The van der Waals surface area contributed by atoms with Crippen molar-refractivity contribution < 1.29 is 14.3 Å². The maximum Gasteiger partial charge on any atom is 0.253 e. The summed E-state index contributed by atoms with van der Waals surface area (Å²) >= 11 is 0. The van der Waals surface area contributed by atoms with Crippen molar-refractivity contribution in [1.82, 2.24) is 4.90 Å². The van der Waals surface area contributed by atoms with Crippen LogP contribution in [0, 0.1) is 0 Å². The minimum atomic E-state index is -0.0384. The molecule has 5 heteroatoms.